The quantitative estimate of drug-likeness (QED) is 0.187. The molecule has 164 valence electrons. The molecule has 0 unspecified atom stereocenters. The van der Waals surface area contributed by atoms with Crippen molar-refractivity contribution >= 4 is 46.2 Å². The molecule has 1 aromatic heterocycles. The molecule has 1 heterocycles. The van der Waals surface area contributed by atoms with Crippen molar-refractivity contribution in [3.05, 3.63) is 107 Å². The molecular formula is C26H19Cl2N3O2. The van der Waals surface area contributed by atoms with Crippen molar-refractivity contribution in [1.29, 1.82) is 0 Å². The number of halogens is 2. The highest BCUT2D eigenvalue weighted by Gasteiger charge is 2.14. The summed E-state index contributed by atoms with van der Waals surface area (Å²) in [7, 11) is 0. The monoisotopic (exact) mass is 475 g/mol. The molecule has 4 rings (SSSR count). The van der Waals surface area contributed by atoms with E-state index in [1.807, 2.05) is 54.6 Å². The van der Waals surface area contributed by atoms with E-state index in [1.165, 1.54) is 6.21 Å². The van der Waals surface area contributed by atoms with Gasteiger partial charge in [0.15, 0.2) is 0 Å². The van der Waals surface area contributed by atoms with E-state index in [0.717, 1.165) is 16.5 Å². The van der Waals surface area contributed by atoms with Crippen LogP contribution in [-0.4, -0.2) is 23.7 Å². The van der Waals surface area contributed by atoms with Crippen molar-refractivity contribution in [3.8, 4) is 17.0 Å². The largest absolute Gasteiger partial charge is 0.487 e. The minimum absolute atomic E-state index is 0.264. The molecule has 0 spiro atoms. The van der Waals surface area contributed by atoms with Crippen LogP contribution in [0.3, 0.4) is 0 Å². The normalized spacial score (nSPS) is 11.0. The molecule has 33 heavy (non-hydrogen) atoms. The average Bonchev–Trinajstić information content (AvgIpc) is 2.83. The van der Waals surface area contributed by atoms with Crippen LogP contribution in [0.4, 0.5) is 0 Å². The number of carbonyl (C=O) groups is 1. The number of carbonyl (C=O) groups excluding carboxylic acids is 1. The first kappa shape index (κ1) is 22.5. The summed E-state index contributed by atoms with van der Waals surface area (Å²) in [5, 5.41) is 5.60. The lowest BCUT2D eigenvalue weighted by atomic mass is 10.0. The molecule has 4 aromatic rings. The number of hydrogen-bond donors (Lipinski definition) is 1. The predicted octanol–water partition coefficient (Wildman–Crippen LogP) is 6.54. The zero-order valence-corrected chi connectivity index (χ0v) is 19.0. The maximum atomic E-state index is 13.1. The van der Waals surface area contributed by atoms with Crippen LogP contribution in [0, 0.1) is 0 Å². The van der Waals surface area contributed by atoms with Gasteiger partial charge in [0, 0.05) is 21.5 Å². The number of amides is 1. The topological polar surface area (TPSA) is 63.6 Å². The van der Waals surface area contributed by atoms with Crippen molar-refractivity contribution in [1.82, 2.24) is 10.4 Å². The molecule has 0 saturated heterocycles. The Morgan fingerprint density at radius 3 is 2.61 bits per heavy atom. The van der Waals surface area contributed by atoms with E-state index < -0.39 is 0 Å². The van der Waals surface area contributed by atoms with Gasteiger partial charge in [-0.3, -0.25) is 4.79 Å². The van der Waals surface area contributed by atoms with Gasteiger partial charge < -0.3 is 4.74 Å². The Balaban J connectivity index is 1.65. The van der Waals surface area contributed by atoms with E-state index in [0.29, 0.717) is 32.6 Å². The third-order valence-electron chi connectivity index (χ3n) is 4.78. The first-order chi connectivity index (χ1) is 16.1. The Kier molecular flexibility index (Phi) is 7.03. The van der Waals surface area contributed by atoms with Gasteiger partial charge in [0.1, 0.15) is 12.4 Å². The maximum Gasteiger partial charge on any atom is 0.272 e. The summed E-state index contributed by atoms with van der Waals surface area (Å²) in [5.74, 6) is 0.0309. The zero-order chi connectivity index (χ0) is 23.2. The van der Waals surface area contributed by atoms with E-state index >= 15 is 0 Å². The number of hydrogen-bond acceptors (Lipinski definition) is 4. The molecular weight excluding hydrogens is 457 g/mol. The zero-order valence-electron chi connectivity index (χ0n) is 17.5. The second kappa shape index (κ2) is 10.3. The molecule has 3 aromatic carbocycles. The van der Waals surface area contributed by atoms with E-state index in [2.05, 4.69) is 17.1 Å². The molecule has 0 aliphatic heterocycles. The van der Waals surface area contributed by atoms with Crippen LogP contribution in [0.1, 0.15) is 15.9 Å². The molecule has 0 aliphatic rings. The number of hydrazone groups is 1. The number of nitrogens with zero attached hydrogens (tertiary/aromatic N) is 2. The van der Waals surface area contributed by atoms with Gasteiger partial charge in [0.2, 0.25) is 0 Å². The third-order valence-corrected chi connectivity index (χ3v) is 5.28. The van der Waals surface area contributed by atoms with Crippen LogP contribution < -0.4 is 10.2 Å². The summed E-state index contributed by atoms with van der Waals surface area (Å²) < 4.78 is 5.62. The van der Waals surface area contributed by atoms with E-state index in [9.17, 15) is 4.79 Å². The smallest absolute Gasteiger partial charge is 0.272 e. The Morgan fingerprint density at radius 1 is 1.06 bits per heavy atom. The minimum Gasteiger partial charge on any atom is -0.487 e. The number of pyridine rings is 1. The molecule has 0 atom stereocenters. The SMILES string of the molecule is C=CCOc1c(Cl)cc(Cl)cc1/C=N\NC(=O)c1cc(-c2ccccc2)nc2ccccc12. The van der Waals surface area contributed by atoms with Gasteiger partial charge in [-0.1, -0.05) is 84.4 Å². The summed E-state index contributed by atoms with van der Waals surface area (Å²) in [5.41, 5.74) is 5.90. The number of rotatable bonds is 7. The summed E-state index contributed by atoms with van der Waals surface area (Å²) in [6, 6.07) is 22.2. The first-order valence-electron chi connectivity index (χ1n) is 10.1. The predicted molar refractivity (Wildman–Crippen MR) is 134 cm³/mol. The van der Waals surface area contributed by atoms with Gasteiger partial charge in [0.05, 0.1) is 28.0 Å². The highest BCUT2D eigenvalue weighted by Crippen LogP contribution is 2.31. The fraction of sp³-hybridized carbons (Fsp3) is 0.0385. The van der Waals surface area contributed by atoms with E-state index in [4.69, 9.17) is 32.9 Å². The maximum absolute atomic E-state index is 13.1. The summed E-state index contributed by atoms with van der Waals surface area (Å²) in [6.07, 6.45) is 3.04. The summed E-state index contributed by atoms with van der Waals surface area (Å²) in [4.78, 5) is 17.8. The summed E-state index contributed by atoms with van der Waals surface area (Å²) >= 11 is 12.4. The molecule has 7 heteroatoms. The van der Waals surface area contributed by atoms with Crippen molar-refractivity contribution in [3.63, 3.8) is 0 Å². The van der Waals surface area contributed by atoms with Crippen LogP contribution >= 0.6 is 23.2 Å². The van der Waals surface area contributed by atoms with Crippen molar-refractivity contribution in [2.45, 2.75) is 0 Å². The lowest BCUT2D eigenvalue weighted by molar-refractivity contribution is 0.0956. The fourth-order valence-corrected chi connectivity index (χ4v) is 3.88. The second-order valence-corrected chi connectivity index (χ2v) is 7.89. The van der Waals surface area contributed by atoms with E-state index in [1.54, 1.807) is 24.3 Å². The number of aromatic nitrogens is 1. The van der Waals surface area contributed by atoms with Crippen LogP contribution in [0.15, 0.2) is 90.6 Å². The number of ether oxygens (including phenoxy) is 1. The molecule has 1 N–H and O–H groups in total. The fourth-order valence-electron chi connectivity index (χ4n) is 3.31. The molecule has 0 bridgehead atoms. The first-order valence-corrected chi connectivity index (χ1v) is 10.8. The molecule has 0 saturated carbocycles. The molecule has 0 fully saturated rings. The Labute approximate surface area is 201 Å². The average molecular weight is 476 g/mol. The van der Waals surface area contributed by atoms with Crippen molar-refractivity contribution in [2.24, 2.45) is 5.10 Å². The van der Waals surface area contributed by atoms with E-state index in [-0.39, 0.29) is 12.5 Å². The highest BCUT2D eigenvalue weighted by molar-refractivity contribution is 6.36. The van der Waals surface area contributed by atoms with Crippen molar-refractivity contribution < 1.29 is 9.53 Å². The molecule has 0 radical (unpaired) electrons. The van der Waals surface area contributed by atoms with Gasteiger partial charge in [0.25, 0.3) is 5.91 Å². The van der Waals surface area contributed by atoms with Crippen molar-refractivity contribution in [2.75, 3.05) is 6.61 Å². The van der Waals surface area contributed by atoms with Crippen LogP contribution in [0.5, 0.6) is 5.75 Å². The van der Waals surface area contributed by atoms with Gasteiger partial charge in [-0.15, -0.1) is 0 Å². The number of nitrogens with one attached hydrogen (secondary N) is 1. The molecule has 5 nitrogen and oxygen atoms in total. The standard InChI is InChI=1S/C26H19Cl2N3O2/c1-2-12-33-25-18(13-19(27)14-22(25)28)16-29-31-26(32)21-15-24(17-8-4-3-5-9-17)30-23-11-7-6-10-20(21)23/h2-11,13-16H,1,12H2,(H,31,32)/b29-16-. The van der Waals surface area contributed by atoms with Gasteiger partial charge in [-0.2, -0.15) is 5.10 Å². The van der Waals surface area contributed by atoms with Gasteiger partial charge in [-0.05, 0) is 24.3 Å². The third kappa shape index (κ3) is 5.22. The highest BCUT2D eigenvalue weighted by atomic mass is 35.5. The molecule has 0 aliphatic carbocycles. The Bertz CT molecular complexity index is 1350. The minimum atomic E-state index is -0.372. The van der Waals surface area contributed by atoms with Crippen LogP contribution in [-0.2, 0) is 0 Å². The number of benzene rings is 3. The lowest BCUT2D eigenvalue weighted by Crippen LogP contribution is -2.18. The second-order valence-electron chi connectivity index (χ2n) is 7.04. The van der Waals surface area contributed by atoms with Crippen LogP contribution in [0.25, 0.3) is 22.2 Å². The summed E-state index contributed by atoms with van der Waals surface area (Å²) in [6.45, 7) is 3.90. The van der Waals surface area contributed by atoms with Gasteiger partial charge >= 0.3 is 0 Å². The van der Waals surface area contributed by atoms with Crippen LogP contribution in [0.2, 0.25) is 10.0 Å². The molecule has 1 amide bonds. The number of para-hydroxylation sites is 1. The Hall–Kier alpha value is -3.67. The Morgan fingerprint density at radius 2 is 1.82 bits per heavy atom. The lowest BCUT2D eigenvalue weighted by Gasteiger charge is -2.10. The van der Waals surface area contributed by atoms with Gasteiger partial charge in [-0.25, -0.2) is 10.4 Å². The number of fused-ring (bicyclic) bond motifs is 1.